The first-order valence-electron chi connectivity index (χ1n) is 3.32. The lowest BCUT2D eigenvalue weighted by atomic mass is 10.2. The number of phenolic OH excluding ortho intramolecular Hbond substituents is 2. The van der Waals surface area contributed by atoms with Crippen molar-refractivity contribution in [2.75, 3.05) is 0 Å². The first-order valence-corrected chi connectivity index (χ1v) is 4.76. The van der Waals surface area contributed by atoms with E-state index in [-0.39, 0.29) is 5.56 Å². The fraction of sp³-hybridized carbons (Fsp3) is 0.143. The Labute approximate surface area is 75.0 Å². The summed E-state index contributed by atoms with van der Waals surface area (Å²) in [6.07, 6.45) is 0. The molecule has 0 saturated carbocycles. The third-order valence-corrected chi connectivity index (χ3v) is 2.38. The molecule has 13 heavy (non-hydrogen) atoms. The van der Waals surface area contributed by atoms with Crippen molar-refractivity contribution >= 4 is 10.1 Å². The maximum Gasteiger partial charge on any atom is 0.294 e. The van der Waals surface area contributed by atoms with Crippen LogP contribution in [0.3, 0.4) is 0 Å². The summed E-state index contributed by atoms with van der Waals surface area (Å²) in [4.78, 5) is -0.444. The minimum absolute atomic E-state index is 0.174. The molecule has 0 aliphatic heterocycles. The van der Waals surface area contributed by atoms with Crippen LogP contribution < -0.4 is 0 Å². The maximum absolute atomic E-state index is 10.6. The Hall–Kier alpha value is -1.27. The van der Waals surface area contributed by atoms with Crippen molar-refractivity contribution in [1.82, 2.24) is 0 Å². The minimum atomic E-state index is -4.34. The number of benzene rings is 1. The van der Waals surface area contributed by atoms with Gasteiger partial charge in [-0.15, -0.1) is 0 Å². The van der Waals surface area contributed by atoms with E-state index in [1.54, 1.807) is 0 Å². The molecule has 0 aliphatic rings. The molecule has 0 heterocycles. The molecule has 72 valence electrons. The van der Waals surface area contributed by atoms with Gasteiger partial charge in [0.15, 0.2) is 11.5 Å². The fourth-order valence-electron chi connectivity index (χ4n) is 0.877. The van der Waals surface area contributed by atoms with Crippen LogP contribution in [0.15, 0.2) is 17.0 Å². The van der Waals surface area contributed by atoms with Gasteiger partial charge in [0.25, 0.3) is 10.1 Å². The van der Waals surface area contributed by atoms with Crippen LogP contribution in [0.4, 0.5) is 0 Å². The lowest BCUT2D eigenvalue weighted by Gasteiger charge is -2.03. The molecule has 1 rings (SSSR count). The average Bonchev–Trinajstić information content (AvgIpc) is 1.97. The van der Waals surface area contributed by atoms with E-state index in [1.807, 2.05) is 0 Å². The van der Waals surface area contributed by atoms with Crippen LogP contribution in [0.1, 0.15) is 5.56 Å². The van der Waals surface area contributed by atoms with Crippen molar-refractivity contribution in [3.05, 3.63) is 17.7 Å². The van der Waals surface area contributed by atoms with E-state index in [2.05, 4.69) is 0 Å². The molecule has 0 unspecified atom stereocenters. The fourth-order valence-corrected chi connectivity index (χ4v) is 1.46. The molecule has 5 nitrogen and oxygen atoms in total. The van der Waals surface area contributed by atoms with E-state index in [0.717, 1.165) is 12.1 Å². The Kier molecular flexibility index (Phi) is 2.19. The average molecular weight is 204 g/mol. The second-order valence-corrected chi connectivity index (χ2v) is 4.00. The zero-order valence-electron chi connectivity index (χ0n) is 6.72. The molecule has 0 aliphatic carbocycles. The molecule has 3 N–H and O–H groups in total. The van der Waals surface area contributed by atoms with Gasteiger partial charge < -0.3 is 10.2 Å². The highest BCUT2D eigenvalue weighted by Gasteiger charge is 2.14. The van der Waals surface area contributed by atoms with Crippen LogP contribution in [0, 0.1) is 6.92 Å². The molecule has 0 spiro atoms. The highest BCUT2D eigenvalue weighted by atomic mass is 32.2. The van der Waals surface area contributed by atoms with Crippen molar-refractivity contribution in [2.45, 2.75) is 11.8 Å². The van der Waals surface area contributed by atoms with E-state index in [0.29, 0.717) is 0 Å². The van der Waals surface area contributed by atoms with Crippen LogP contribution in [-0.2, 0) is 10.1 Å². The summed E-state index contributed by atoms with van der Waals surface area (Å²) in [6.45, 7) is 1.41. The molecule has 0 fully saturated rings. The SMILES string of the molecule is Cc1cc(S(=O)(=O)O)cc(O)c1O. The van der Waals surface area contributed by atoms with Gasteiger partial charge in [0.05, 0.1) is 4.90 Å². The first-order chi connectivity index (χ1) is 5.82. The first kappa shape index (κ1) is 9.82. The summed E-state index contributed by atoms with van der Waals surface area (Å²) in [6, 6.07) is 1.84. The van der Waals surface area contributed by atoms with Gasteiger partial charge in [-0.05, 0) is 18.6 Å². The number of phenols is 2. The molecular formula is C7H8O5S. The zero-order chi connectivity index (χ0) is 10.2. The predicted molar refractivity (Wildman–Crippen MR) is 44.3 cm³/mol. The van der Waals surface area contributed by atoms with Crippen LogP contribution in [0.25, 0.3) is 0 Å². The summed E-state index contributed by atoms with van der Waals surface area (Å²) >= 11 is 0. The Morgan fingerprint density at radius 1 is 1.23 bits per heavy atom. The second-order valence-electron chi connectivity index (χ2n) is 2.58. The molecule has 6 heteroatoms. The van der Waals surface area contributed by atoms with Gasteiger partial charge in [-0.1, -0.05) is 0 Å². The second kappa shape index (κ2) is 2.90. The number of hydrogen-bond acceptors (Lipinski definition) is 4. The Morgan fingerprint density at radius 3 is 2.15 bits per heavy atom. The summed E-state index contributed by atoms with van der Waals surface area (Å²) in [7, 11) is -4.34. The van der Waals surface area contributed by atoms with E-state index >= 15 is 0 Å². The van der Waals surface area contributed by atoms with Crippen LogP contribution in [0.5, 0.6) is 11.5 Å². The molecular weight excluding hydrogens is 196 g/mol. The predicted octanol–water partition coefficient (Wildman–Crippen LogP) is 0.653. The quantitative estimate of drug-likeness (QED) is 0.461. The molecule has 0 atom stereocenters. The lowest BCUT2D eigenvalue weighted by Crippen LogP contribution is -1.98. The van der Waals surface area contributed by atoms with Gasteiger partial charge in [0.2, 0.25) is 0 Å². The zero-order valence-corrected chi connectivity index (χ0v) is 7.54. The lowest BCUT2D eigenvalue weighted by molar-refractivity contribution is 0.398. The Bertz CT molecular complexity index is 411. The van der Waals surface area contributed by atoms with Crippen molar-refractivity contribution in [1.29, 1.82) is 0 Å². The number of aromatic hydroxyl groups is 2. The number of hydrogen-bond donors (Lipinski definition) is 3. The van der Waals surface area contributed by atoms with E-state index in [4.69, 9.17) is 14.8 Å². The topological polar surface area (TPSA) is 94.8 Å². The largest absolute Gasteiger partial charge is 0.504 e. The highest BCUT2D eigenvalue weighted by molar-refractivity contribution is 7.85. The third kappa shape index (κ3) is 1.90. The van der Waals surface area contributed by atoms with Crippen molar-refractivity contribution in [3.63, 3.8) is 0 Å². The number of aryl methyl sites for hydroxylation is 1. The van der Waals surface area contributed by atoms with E-state index in [1.165, 1.54) is 6.92 Å². The minimum Gasteiger partial charge on any atom is -0.504 e. The van der Waals surface area contributed by atoms with E-state index in [9.17, 15) is 8.42 Å². The summed E-state index contributed by atoms with van der Waals surface area (Å²) in [5.41, 5.74) is 0.174. The summed E-state index contributed by atoms with van der Waals surface area (Å²) in [5, 5.41) is 18.1. The van der Waals surface area contributed by atoms with E-state index < -0.39 is 26.5 Å². The van der Waals surface area contributed by atoms with Crippen molar-refractivity contribution in [2.24, 2.45) is 0 Å². The third-order valence-electron chi connectivity index (χ3n) is 1.55. The van der Waals surface area contributed by atoms with Gasteiger partial charge in [-0.25, -0.2) is 0 Å². The van der Waals surface area contributed by atoms with Crippen molar-refractivity contribution in [3.8, 4) is 11.5 Å². The normalized spacial score (nSPS) is 11.5. The smallest absolute Gasteiger partial charge is 0.294 e. The van der Waals surface area contributed by atoms with Crippen LogP contribution in [-0.4, -0.2) is 23.2 Å². The molecule has 0 bridgehead atoms. The summed E-state index contributed by atoms with van der Waals surface area (Å²) in [5.74, 6) is -0.972. The van der Waals surface area contributed by atoms with Crippen molar-refractivity contribution < 1.29 is 23.2 Å². The monoisotopic (exact) mass is 204 g/mol. The molecule has 0 aromatic heterocycles. The Morgan fingerprint density at radius 2 is 1.77 bits per heavy atom. The molecule has 1 aromatic carbocycles. The highest BCUT2D eigenvalue weighted by Crippen LogP contribution is 2.31. The number of rotatable bonds is 1. The van der Waals surface area contributed by atoms with Gasteiger partial charge in [-0.3, -0.25) is 4.55 Å². The van der Waals surface area contributed by atoms with Gasteiger partial charge in [-0.2, -0.15) is 8.42 Å². The standard InChI is InChI=1S/C7H8O5S/c1-4-2-5(13(10,11)12)3-6(8)7(4)9/h2-3,8-9H,1H3,(H,10,11,12). The molecule has 0 amide bonds. The Balaban J connectivity index is 3.47. The molecule has 0 radical (unpaired) electrons. The molecule has 0 saturated heterocycles. The van der Waals surface area contributed by atoms with Gasteiger partial charge in [0, 0.05) is 6.07 Å². The van der Waals surface area contributed by atoms with Crippen LogP contribution in [0.2, 0.25) is 0 Å². The van der Waals surface area contributed by atoms with Crippen LogP contribution >= 0.6 is 0 Å². The summed E-state index contributed by atoms with van der Waals surface area (Å²) < 4.78 is 29.8. The maximum atomic E-state index is 10.6. The van der Waals surface area contributed by atoms with Gasteiger partial charge in [0.1, 0.15) is 0 Å². The molecule has 1 aromatic rings. The van der Waals surface area contributed by atoms with Gasteiger partial charge >= 0.3 is 0 Å².